The lowest BCUT2D eigenvalue weighted by atomic mass is 10.1. The van der Waals surface area contributed by atoms with Crippen LogP contribution >= 0.6 is 11.3 Å². The molecule has 25 heavy (non-hydrogen) atoms. The lowest BCUT2D eigenvalue weighted by molar-refractivity contribution is -0.130. The number of aryl methyl sites for hydroxylation is 1. The number of rotatable bonds is 6. The van der Waals surface area contributed by atoms with Gasteiger partial charge in [0.15, 0.2) is 0 Å². The molecule has 3 rings (SSSR count). The van der Waals surface area contributed by atoms with Gasteiger partial charge in [0.1, 0.15) is 0 Å². The average Bonchev–Trinajstić information content (AvgIpc) is 3.11. The third kappa shape index (κ3) is 3.49. The highest BCUT2D eigenvalue weighted by Crippen LogP contribution is 2.23. The fourth-order valence-electron chi connectivity index (χ4n) is 2.89. The molecule has 1 aromatic heterocycles. The van der Waals surface area contributed by atoms with E-state index in [9.17, 15) is 14.4 Å². The zero-order valence-corrected chi connectivity index (χ0v) is 15.1. The van der Waals surface area contributed by atoms with Crippen LogP contribution in [-0.2, 0) is 11.3 Å². The van der Waals surface area contributed by atoms with Crippen LogP contribution in [0, 0.1) is 6.92 Å². The summed E-state index contributed by atoms with van der Waals surface area (Å²) >= 11 is 1.64. The molecule has 0 bridgehead atoms. The summed E-state index contributed by atoms with van der Waals surface area (Å²) in [5.41, 5.74) is 2.09. The molecule has 1 aliphatic rings. The smallest absolute Gasteiger partial charge is 0.261 e. The van der Waals surface area contributed by atoms with E-state index in [4.69, 9.17) is 0 Å². The van der Waals surface area contributed by atoms with Gasteiger partial charge in [-0.15, -0.1) is 11.3 Å². The maximum atomic E-state index is 12.3. The fourth-order valence-corrected chi connectivity index (χ4v) is 3.85. The van der Waals surface area contributed by atoms with Crippen molar-refractivity contribution in [3.63, 3.8) is 0 Å². The average molecular weight is 356 g/mol. The van der Waals surface area contributed by atoms with Crippen LogP contribution in [0.4, 0.5) is 0 Å². The van der Waals surface area contributed by atoms with Crippen LogP contribution in [0.1, 0.15) is 44.0 Å². The molecule has 1 aliphatic heterocycles. The maximum Gasteiger partial charge on any atom is 0.261 e. The Morgan fingerprint density at radius 1 is 1.12 bits per heavy atom. The highest BCUT2D eigenvalue weighted by Gasteiger charge is 2.34. The molecular formula is C19H20N2O3S. The zero-order valence-electron chi connectivity index (χ0n) is 14.3. The molecule has 0 fully saturated rings. The first kappa shape index (κ1) is 17.4. The second-order valence-electron chi connectivity index (χ2n) is 6.19. The molecule has 130 valence electrons. The number of hydrogen-bond donors (Lipinski definition) is 0. The van der Waals surface area contributed by atoms with Gasteiger partial charge >= 0.3 is 0 Å². The fraction of sp³-hybridized carbons (Fsp3) is 0.316. The molecule has 1 aromatic carbocycles. The molecule has 0 saturated heterocycles. The van der Waals surface area contributed by atoms with E-state index < -0.39 is 0 Å². The molecule has 0 radical (unpaired) electrons. The second kappa shape index (κ2) is 7.19. The van der Waals surface area contributed by atoms with E-state index in [1.807, 2.05) is 18.4 Å². The van der Waals surface area contributed by atoms with Crippen LogP contribution in [0.25, 0.3) is 0 Å². The van der Waals surface area contributed by atoms with Gasteiger partial charge in [-0.3, -0.25) is 19.3 Å². The lowest BCUT2D eigenvalue weighted by Crippen LogP contribution is -2.32. The number of carbonyl (C=O) groups excluding carboxylic acids is 3. The Balaban J connectivity index is 1.51. The molecule has 0 N–H and O–H groups in total. The number of thiophene rings is 1. The zero-order chi connectivity index (χ0) is 18.0. The first-order valence-corrected chi connectivity index (χ1v) is 9.09. The minimum absolute atomic E-state index is 0.0180. The molecule has 0 spiro atoms. The van der Waals surface area contributed by atoms with E-state index >= 15 is 0 Å². The van der Waals surface area contributed by atoms with Crippen LogP contribution < -0.4 is 0 Å². The third-order valence-electron chi connectivity index (χ3n) is 4.43. The highest BCUT2D eigenvalue weighted by molar-refractivity contribution is 7.10. The summed E-state index contributed by atoms with van der Waals surface area (Å²) in [6.07, 6.45) is 0.784. The predicted octanol–water partition coefficient (Wildman–Crippen LogP) is 3.09. The molecule has 5 nitrogen and oxygen atoms in total. The van der Waals surface area contributed by atoms with Gasteiger partial charge in [-0.05, 0) is 42.5 Å². The Kier molecular flexibility index (Phi) is 4.99. The van der Waals surface area contributed by atoms with Gasteiger partial charge in [-0.2, -0.15) is 0 Å². The molecule has 0 saturated carbocycles. The molecule has 2 heterocycles. The van der Waals surface area contributed by atoms with E-state index in [1.54, 1.807) is 47.5 Å². The van der Waals surface area contributed by atoms with Gasteiger partial charge in [0.25, 0.3) is 11.8 Å². The van der Waals surface area contributed by atoms with Gasteiger partial charge in [0.05, 0.1) is 17.7 Å². The molecule has 3 amide bonds. The van der Waals surface area contributed by atoms with Gasteiger partial charge in [-0.25, -0.2) is 0 Å². The van der Waals surface area contributed by atoms with Crippen molar-refractivity contribution in [2.24, 2.45) is 0 Å². The van der Waals surface area contributed by atoms with Crippen molar-refractivity contribution >= 4 is 29.1 Å². The summed E-state index contributed by atoms with van der Waals surface area (Å²) in [5.74, 6) is -0.518. The van der Waals surface area contributed by atoms with Crippen molar-refractivity contribution in [1.82, 2.24) is 9.80 Å². The molecule has 2 aromatic rings. The topological polar surface area (TPSA) is 57.7 Å². The standard InChI is InChI=1S/C19H20N2O3S/c1-13-9-11-25-16(13)12-20(2)17(22)8-5-10-21-18(23)14-6-3-4-7-15(14)19(21)24/h3-4,6-7,9,11H,5,8,10,12H2,1-2H3. The predicted molar refractivity (Wildman–Crippen MR) is 96.6 cm³/mol. The van der Waals surface area contributed by atoms with E-state index in [-0.39, 0.29) is 24.3 Å². The van der Waals surface area contributed by atoms with Gasteiger partial charge in [-0.1, -0.05) is 12.1 Å². The quantitative estimate of drug-likeness (QED) is 0.748. The van der Waals surface area contributed by atoms with Crippen LogP contribution in [-0.4, -0.2) is 41.1 Å². The number of hydrogen-bond acceptors (Lipinski definition) is 4. The summed E-state index contributed by atoms with van der Waals surface area (Å²) in [4.78, 5) is 40.9. The summed E-state index contributed by atoms with van der Waals surface area (Å²) in [6, 6.07) is 8.87. The van der Waals surface area contributed by atoms with E-state index in [0.717, 1.165) is 0 Å². The van der Waals surface area contributed by atoms with Crippen molar-refractivity contribution in [2.45, 2.75) is 26.3 Å². The van der Waals surface area contributed by atoms with Gasteiger partial charge in [0, 0.05) is 24.9 Å². The minimum atomic E-state index is -0.268. The summed E-state index contributed by atoms with van der Waals surface area (Å²) < 4.78 is 0. The first-order chi connectivity index (χ1) is 12.0. The molecule has 6 heteroatoms. The number of imide groups is 1. The van der Waals surface area contributed by atoms with Crippen LogP contribution in [0.5, 0.6) is 0 Å². The van der Waals surface area contributed by atoms with Crippen LogP contribution in [0.2, 0.25) is 0 Å². The largest absolute Gasteiger partial charge is 0.341 e. The summed E-state index contributed by atoms with van der Waals surface area (Å²) in [6.45, 7) is 2.89. The van der Waals surface area contributed by atoms with E-state index in [1.165, 1.54) is 15.3 Å². The number of amides is 3. The molecule has 0 aliphatic carbocycles. The molecule has 0 unspecified atom stereocenters. The lowest BCUT2D eigenvalue weighted by Gasteiger charge is -2.18. The van der Waals surface area contributed by atoms with Crippen molar-refractivity contribution in [2.75, 3.05) is 13.6 Å². The van der Waals surface area contributed by atoms with Gasteiger partial charge < -0.3 is 4.90 Å². The summed E-state index contributed by atoms with van der Waals surface area (Å²) in [7, 11) is 1.78. The van der Waals surface area contributed by atoms with E-state index in [0.29, 0.717) is 30.5 Å². The number of fused-ring (bicyclic) bond motifs is 1. The Labute approximate surface area is 150 Å². The Bertz CT molecular complexity index is 793. The minimum Gasteiger partial charge on any atom is -0.341 e. The Hall–Kier alpha value is -2.47. The van der Waals surface area contributed by atoms with Crippen molar-refractivity contribution in [3.05, 3.63) is 57.3 Å². The maximum absolute atomic E-state index is 12.3. The molecular weight excluding hydrogens is 336 g/mol. The monoisotopic (exact) mass is 356 g/mol. The number of benzene rings is 1. The third-order valence-corrected chi connectivity index (χ3v) is 5.43. The van der Waals surface area contributed by atoms with Crippen molar-refractivity contribution in [3.8, 4) is 0 Å². The van der Waals surface area contributed by atoms with Gasteiger partial charge in [0.2, 0.25) is 5.91 Å². The number of carbonyl (C=O) groups is 3. The first-order valence-electron chi connectivity index (χ1n) is 8.21. The van der Waals surface area contributed by atoms with Crippen molar-refractivity contribution < 1.29 is 14.4 Å². The normalized spacial score (nSPS) is 13.3. The molecule has 0 atom stereocenters. The Morgan fingerprint density at radius 3 is 2.32 bits per heavy atom. The van der Waals surface area contributed by atoms with Crippen LogP contribution in [0.15, 0.2) is 35.7 Å². The second-order valence-corrected chi connectivity index (χ2v) is 7.19. The van der Waals surface area contributed by atoms with E-state index in [2.05, 4.69) is 0 Å². The highest BCUT2D eigenvalue weighted by atomic mass is 32.1. The van der Waals surface area contributed by atoms with Crippen molar-refractivity contribution in [1.29, 1.82) is 0 Å². The Morgan fingerprint density at radius 2 is 1.76 bits per heavy atom. The summed E-state index contributed by atoms with van der Waals surface area (Å²) in [5, 5.41) is 2.02. The SMILES string of the molecule is Cc1ccsc1CN(C)C(=O)CCCN1C(=O)c2ccccc2C1=O. The number of nitrogens with zero attached hydrogens (tertiary/aromatic N) is 2. The van der Waals surface area contributed by atoms with Crippen LogP contribution in [0.3, 0.4) is 0 Å².